The Morgan fingerprint density at radius 2 is 1.61 bits per heavy atom. The van der Waals surface area contributed by atoms with Crippen LogP contribution in [0.3, 0.4) is 0 Å². The molecule has 0 aliphatic carbocycles. The van der Waals surface area contributed by atoms with Crippen molar-refractivity contribution in [2.24, 2.45) is 7.05 Å². The Bertz CT molecular complexity index is 1730. The van der Waals surface area contributed by atoms with Crippen molar-refractivity contribution in [3.05, 3.63) is 71.7 Å². The molecule has 0 saturated heterocycles. The molecular formula is C25H17N2S+. The van der Waals surface area contributed by atoms with Crippen molar-refractivity contribution < 1.29 is 4.57 Å². The lowest BCUT2D eigenvalue weighted by molar-refractivity contribution is -0.644. The fourth-order valence-electron chi connectivity index (χ4n) is 5.28. The summed E-state index contributed by atoms with van der Waals surface area (Å²) in [5.41, 5.74) is 6.61. The first-order valence-electron chi connectivity index (χ1n) is 9.61. The molecule has 4 heterocycles. The molecule has 0 bridgehead atoms. The molecule has 132 valence electrons. The van der Waals surface area contributed by atoms with Crippen molar-refractivity contribution in [3.63, 3.8) is 0 Å². The number of nitrogens with zero attached hydrogens (tertiary/aromatic N) is 2. The van der Waals surface area contributed by atoms with E-state index >= 15 is 0 Å². The van der Waals surface area contributed by atoms with Crippen LogP contribution in [0.25, 0.3) is 59.1 Å². The van der Waals surface area contributed by atoms with Gasteiger partial charge in [-0.15, -0.1) is 11.3 Å². The van der Waals surface area contributed by atoms with Gasteiger partial charge in [-0.2, -0.15) is 4.57 Å². The largest absolute Gasteiger partial charge is 0.303 e. The van der Waals surface area contributed by atoms with Gasteiger partial charge in [0.1, 0.15) is 12.6 Å². The molecule has 0 atom stereocenters. The van der Waals surface area contributed by atoms with E-state index in [1.54, 1.807) is 0 Å². The maximum Gasteiger partial charge on any atom is 0.237 e. The number of fused-ring (bicyclic) bond motifs is 8. The summed E-state index contributed by atoms with van der Waals surface area (Å²) in [6, 6.07) is 20.2. The van der Waals surface area contributed by atoms with Gasteiger partial charge in [0, 0.05) is 32.3 Å². The lowest BCUT2D eigenvalue weighted by Gasteiger charge is -2.14. The molecule has 0 spiro atoms. The highest BCUT2D eigenvalue weighted by molar-refractivity contribution is 7.17. The van der Waals surface area contributed by atoms with Gasteiger partial charge in [0.2, 0.25) is 5.52 Å². The van der Waals surface area contributed by atoms with Crippen LogP contribution in [-0.4, -0.2) is 4.40 Å². The van der Waals surface area contributed by atoms with Crippen molar-refractivity contribution in [1.82, 2.24) is 4.40 Å². The van der Waals surface area contributed by atoms with E-state index < -0.39 is 0 Å². The average Bonchev–Trinajstić information content (AvgIpc) is 3.33. The molecule has 7 aromatic rings. The van der Waals surface area contributed by atoms with Gasteiger partial charge in [-0.3, -0.25) is 0 Å². The highest BCUT2D eigenvalue weighted by Gasteiger charge is 2.24. The normalized spacial score (nSPS) is 12.6. The molecule has 0 fully saturated rings. The van der Waals surface area contributed by atoms with E-state index in [1.807, 2.05) is 11.3 Å². The van der Waals surface area contributed by atoms with E-state index in [0.717, 1.165) is 0 Å². The number of hydrogen-bond donors (Lipinski definition) is 0. The molecule has 0 amide bonds. The van der Waals surface area contributed by atoms with Crippen LogP contribution in [0.2, 0.25) is 0 Å². The first kappa shape index (κ1) is 14.8. The quantitative estimate of drug-likeness (QED) is 0.166. The molecule has 0 unspecified atom stereocenters. The molecule has 0 aliphatic heterocycles. The number of para-hydroxylation sites is 1. The maximum absolute atomic E-state index is 2.48. The highest BCUT2D eigenvalue weighted by atomic mass is 32.1. The van der Waals surface area contributed by atoms with Crippen LogP contribution in [0, 0.1) is 6.92 Å². The second kappa shape index (κ2) is 4.81. The lowest BCUT2D eigenvalue weighted by atomic mass is 9.94. The Morgan fingerprint density at radius 1 is 0.786 bits per heavy atom. The van der Waals surface area contributed by atoms with Crippen LogP contribution in [0.15, 0.2) is 66.2 Å². The van der Waals surface area contributed by atoms with Gasteiger partial charge in [0.15, 0.2) is 6.20 Å². The van der Waals surface area contributed by atoms with Gasteiger partial charge in [-0.1, -0.05) is 30.3 Å². The number of aryl methyl sites for hydroxylation is 2. The molecule has 2 nitrogen and oxygen atoms in total. The minimum absolute atomic E-state index is 1.27. The van der Waals surface area contributed by atoms with Crippen LogP contribution in [0.4, 0.5) is 0 Å². The zero-order valence-electron chi connectivity index (χ0n) is 15.7. The summed E-state index contributed by atoms with van der Waals surface area (Å²) in [5.74, 6) is 0. The zero-order chi connectivity index (χ0) is 18.6. The van der Waals surface area contributed by atoms with Gasteiger partial charge in [0.05, 0.1) is 16.4 Å². The molecule has 0 radical (unpaired) electrons. The summed E-state index contributed by atoms with van der Waals surface area (Å²) in [6.45, 7) is 2.29. The summed E-state index contributed by atoms with van der Waals surface area (Å²) >= 11 is 1.85. The van der Waals surface area contributed by atoms with E-state index in [-0.39, 0.29) is 0 Å². The number of hydrogen-bond acceptors (Lipinski definition) is 1. The summed E-state index contributed by atoms with van der Waals surface area (Å²) in [6.07, 6.45) is 2.17. The topological polar surface area (TPSA) is 8.29 Å². The molecule has 3 heteroatoms. The van der Waals surface area contributed by atoms with Crippen molar-refractivity contribution in [2.75, 3.05) is 0 Å². The molecule has 0 saturated carbocycles. The minimum Gasteiger partial charge on any atom is -0.303 e. The minimum atomic E-state index is 1.27. The van der Waals surface area contributed by atoms with Crippen molar-refractivity contribution >= 4 is 70.4 Å². The Balaban J connectivity index is 2.04. The average molecular weight is 377 g/mol. The van der Waals surface area contributed by atoms with Gasteiger partial charge in [-0.05, 0) is 41.5 Å². The second-order valence-corrected chi connectivity index (χ2v) is 8.67. The first-order chi connectivity index (χ1) is 13.8. The Kier molecular flexibility index (Phi) is 2.55. The number of rotatable bonds is 0. The second-order valence-electron chi connectivity index (χ2n) is 7.75. The fraction of sp³-hybridized carbons (Fsp3) is 0.0800. The number of pyridine rings is 2. The van der Waals surface area contributed by atoms with Crippen LogP contribution in [0.5, 0.6) is 0 Å². The van der Waals surface area contributed by atoms with Crippen LogP contribution in [-0.2, 0) is 7.05 Å². The van der Waals surface area contributed by atoms with E-state index in [2.05, 4.69) is 89.1 Å². The molecule has 3 aromatic carbocycles. The monoisotopic (exact) mass is 377 g/mol. The predicted octanol–water partition coefficient (Wildman–Crippen LogP) is 6.34. The van der Waals surface area contributed by atoms with Gasteiger partial charge in [-0.25, -0.2) is 0 Å². The van der Waals surface area contributed by atoms with Crippen molar-refractivity contribution in [2.45, 2.75) is 6.92 Å². The lowest BCUT2D eigenvalue weighted by Crippen LogP contribution is -2.29. The Morgan fingerprint density at radius 3 is 2.54 bits per heavy atom. The maximum atomic E-state index is 2.48. The van der Waals surface area contributed by atoms with Crippen LogP contribution >= 0.6 is 11.3 Å². The summed E-state index contributed by atoms with van der Waals surface area (Å²) < 4.78 is 6.17. The summed E-state index contributed by atoms with van der Waals surface area (Å²) in [5, 5.41) is 10.4. The molecule has 0 N–H and O–H groups in total. The smallest absolute Gasteiger partial charge is 0.237 e. The SMILES string of the molecule is Cc1c2sccc2c2ccc3c4ccccc4n4c5ccc[n+](C)c5c1c2c34. The third kappa shape index (κ3) is 1.51. The van der Waals surface area contributed by atoms with Gasteiger partial charge >= 0.3 is 0 Å². The van der Waals surface area contributed by atoms with Crippen molar-refractivity contribution in [3.8, 4) is 0 Å². The first-order valence-corrected chi connectivity index (χ1v) is 10.5. The molecular weight excluding hydrogens is 360 g/mol. The number of aromatic nitrogens is 2. The van der Waals surface area contributed by atoms with E-state index in [1.165, 1.54) is 64.6 Å². The van der Waals surface area contributed by atoms with E-state index in [9.17, 15) is 0 Å². The molecule has 4 aromatic heterocycles. The number of benzene rings is 3. The zero-order valence-corrected chi connectivity index (χ0v) is 16.5. The third-order valence-corrected chi connectivity index (χ3v) is 7.43. The number of thiophene rings is 1. The molecule has 0 aliphatic rings. The third-order valence-electron chi connectivity index (χ3n) is 6.39. The van der Waals surface area contributed by atoms with E-state index in [4.69, 9.17) is 0 Å². The van der Waals surface area contributed by atoms with Crippen LogP contribution < -0.4 is 4.57 Å². The fourth-order valence-corrected chi connectivity index (χ4v) is 6.20. The van der Waals surface area contributed by atoms with Crippen molar-refractivity contribution in [1.29, 1.82) is 0 Å². The van der Waals surface area contributed by atoms with Gasteiger partial charge < -0.3 is 4.40 Å². The Labute approximate surface area is 165 Å². The Hall–Kier alpha value is -3.17. The molecule has 7 rings (SSSR count). The van der Waals surface area contributed by atoms with Gasteiger partial charge in [0.25, 0.3) is 0 Å². The highest BCUT2D eigenvalue weighted by Crippen LogP contribution is 2.45. The van der Waals surface area contributed by atoms with Crippen LogP contribution in [0.1, 0.15) is 5.56 Å². The standard InChI is InChI=1S/C25H17N2S/c1-14-21-22-16(18-11-13-28-25(14)18)9-10-17-15-6-3-4-7-19(15)27(23(17)22)20-8-5-12-26(2)24(20)21/h3-13H,1-2H3/q+1. The summed E-state index contributed by atoms with van der Waals surface area (Å²) in [4.78, 5) is 0. The van der Waals surface area contributed by atoms with E-state index in [0.29, 0.717) is 0 Å². The molecule has 28 heavy (non-hydrogen) atoms. The predicted molar refractivity (Wildman–Crippen MR) is 120 cm³/mol. The summed E-state index contributed by atoms with van der Waals surface area (Å²) in [7, 11) is 2.17.